The largest absolute Gasteiger partial charge is 0.436 e. The fraction of sp³-hybridized carbons (Fsp3) is 0. The molecule has 2 aromatic heterocycles. The molecule has 0 saturated heterocycles. The SMILES string of the molecule is N#Cc1ccc2ccc(-c3ccc4cc(N(c5ccc(-c6nc7cc(C#N)ccc7o6)cc5)c5ccc(-c6nc7cc(C#N)ccc7o6)cc5)ccc4c3)cc2c1. The number of hydrogen-bond acceptors (Lipinski definition) is 8. The van der Waals surface area contributed by atoms with E-state index in [1.54, 1.807) is 36.4 Å². The van der Waals surface area contributed by atoms with Crippen LogP contribution in [-0.2, 0) is 0 Å². The zero-order chi connectivity index (χ0) is 38.5. The lowest BCUT2D eigenvalue weighted by Gasteiger charge is -2.26. The number of nitriles is 3. The van der Waals surface area contributed by atoms with E-state index in [1.165, 1.54) is 0 Å². The Kier molecular flexibility index (Phi) is 7.78. The van der Waals surface area contributed by atoms with Crippen molar-refractivity contribution in [1.29, 1.82) is 15.8 Å². The summed E-state index contributed by atoms with van der Waals surface area (Å²) in [4.78, 5) is 11.5. The third kappa shape index (κ3) is 6.05. The molecule has 0 radical (unpaired) electrons. The van der Waals surface area contributed by atoms with Crippen LogP contribution in [0.3, 0.4) is 0 Å². The quantitative estimate of drug-likeness (QED) is 0.165. The molecule has 0 aliphatic heterocycles. The first-order chi connectivity index (χ1) is 28.0. The van der Waals surface area contributed by atoms with Crippen molar-refractivity contribution in [3.05, 3.63) is 174 Å². The van der Waals surface area contributed by atoms with Crippen LogP contribution in [0.2, 0.25) is 0 Å². The van der Waals surface area contributed by atoms with Crippen molar-refractivity contribution >= 4 is 60.8 Å². The van der Waals surface area contributed by atoms with Gasteiger partial charge in [-0.3, -0.25) is 0 Å². The summed E-state index contributed by atoms with van der Waals surface area (Å²) in [5.41, 5.74) is 10.8. The van der Waals surface area contributed by atoms with E-state index >= 15 is 0 Å². The predicted molar refractivity (Wildman–Crippen MR) is 222 cm³/mol. The topological polar surface area (TPSA) is 127 Å². The second kappa shape index (κ2) is 13.4. The van der Waals surface area contributed by atoms with Crippen molar-refractivity contribution < 1.29 is 8.83 Å². The van der Waals surface area contributed by atoms with E-state index in [-0.39, 0.29) is 0 Å². The van der Waals surface area contributed by atoms with Gasteiger partial charge in [-0.05, 0) is 154 Å². The standard InChI is InChI=1S/C49H26N6O2/c50-27-30-1-4-33-5-6-37(25-40(33)21-30)36-7-8-39-26-43(18-13-38(39)24-36)55(41-14-9-34(10-15-41)48-53-44-22-31(28-51)2-19-46(44)56-48)42-16-11-35(12-17-42)49-54-45-23-32(29-52)3-20-47(45)57-49/h1-26H. The number of nitrogens with zero attached hydrogens (tertiary/aromatic N) is 6. The molecular weight excluding hydrogens is 705 g/mol. The number of benzene rings is 8. The number of oxazole rings is 2. The Hall–Kier alpha value is -8.51. The van der Waals surface area contributed by atoms with Gasteiger partial charge in [0.05, 0.1) is 34.9 Å². The molecule has 57 heavy (non-hydrogen) atoms. The first-order valence-electron chi connectivity index (χ1n) is 18.1. The highest BCUT2D eigenvalue weighted by atomic mass is 16.4. The maximum absolute atomic E-state index is 9.42. The Morgan fingerprint density at radius 2 is 0.789 bits per heavy atom. The summed E-state index contributed by atoms with van der Waals surface area (Å²) in [6.45, 7) is 0. The second-order valence-electron chi connectivity index (χ2n) is 13.7. The summed E-state index contributed by atoms with van der Waals surface area (Å²) >= 11 is 0. The molecule has 0 bridgehead atoms. The molecule has 8 heteroatoms. The lowest BCUT2D eigenvalue weighted by molar-refractivity contribution is 0.619. The highest BCUT2D eigenvalue weighted by Crippen LogP contribution is 2.39. The monoisotopic (exact) mass is 730 g/mol. The molecule has 0 amide bonds. The van der Waals surface area contributed by atoms with Gasteiger partial charge in [0.2, 0.25) is 11.8 Å². The molecule has 0 fully saturated rings. The van der Waals surface area contributed by atoms with Gasteiger partial charge in [-0.2, -0.15) is 15.8 Å². The van der Waals surface area contributed by atoms with Crippen molar-refractivity contribution in [3.8, 4) is 52.2 Å². The zero-order valence-electron chi connectivity index (χ0n) is 30.0. The van der Waals surface area contributed by atoms with Gasteiger partial charge in [0, 0.05) is 28.2 Å². The lowest BCUT2D eigenvalue weighted by atomic mass is 9.97. The molecule has 10 rings (SSSR count). The fourth-order valence-electron chi connectivity index (χ4n) is 7.24. The first-order valence-corrected chi connectivity index (χ1v) is 18.1. The van der Waals surface area contributed by atoms with Crippen LogP contribution >= 0.6 is 0 Å². The molecule has 0 aliphatic carbocycles. The average molecular weight is 731 g/mol. The minimum Gasteiger partial charge on any atom is -0.436 e. The van der Waals surface area contributed by atoms with Crippen molar-refractivity contribution in [1.82, 2.24) is 9.97 Å². The highest BCUT2D eigenvalue weighted by Gasteiger charge is 2.17. The summed E-state index contributed by atoms with van der Waals surface area (Å²) in [6.07, 6.45) is 0. The Balaban J connectivity index is 1.03. The molecule has 2 heterocycles. The molecule has 0 atom stereocenters. The molecule has 8 aromatic carbocycles. The van der Waals surface area contributed by atoms with Gasteiger partial charge in [-0.15, -0.1) is 0 Å². The van der Waals surface area contributed by atoms with E-state index in [9.17, 15) is 15.8 Å². The molecular formula is C49H26N6O2. The van der Waals surface area contributed by atoms with Gasteiger partial charge in [-0.1, -0.05) is 36.4 Å². The van der Waals surface area contributed by atoms with Crippen molar-refractivity contribution in [3.63, 3.8) is 0 Å². The van der Waals surface area contributed by atoms with Crippen LogP contribution in [0.4, 0.5) is 17.1 Å². The number of anilines is 3. The van der Waals surface area contributed by atoms with Crippen molar-refractivity contribution in [2.75, 3.05) is 4.90 Å². The van der Waals surface area contributed by atoms with Crippen LogP contribution in [-0.4, -0.2) is 9.97 Å². The van der Waals surface area contributed by atoms with E-state index in [1.807, 2.05) is 66.7 Å². The smallest absolute Gasteiger partial charge is 0.227 e. The lowest BCUT2D eigenvalue weighted by Crippen LogP contribution is -2.09. The van der Waals surface area contributed by atoms with E-state index in [0.717, 1.165) is 60.9 Å². The summed E-state index contributed by atoms with van der Waals surface area (Å²) in [5.74, 6) is 0.947. The predicted octanol–water partition coefficient (Wildman–Crippen LogP) is 12.4. The van der Waals surface area contributed by atoms with Gasteiger partial charge in [0.25, 0.3) is 0 Å². The molecule has 8 nitrogen and oxygen atoms in total. The normalized spacial score (nSPS) is 11.1. The van der Waals surface area contributed by atoms with E-state index in [4.69, 9.17) is 8.83 Å². The van der Waals surface area contributed by atoms with Gasteiger partial charge in [0.1, 0.15) is 11.0 Å². The van der Waals surface area contributed by atoms with Gasteiger partial charge < -0.3 is 13.7 Å². The Labute approximate surface area is 326 Å². The fourth-order valence-corrected chi connectivity index (χ4v) is 7.24. The maximum Gasteiger partial charge on any atom is 0.227 e. The minimum absolute atomic E-state index is 0.473. The third-order valence-corrected chi connectivity index (χ3v) is 10.2. The van der Waals surface area contributed by atoms with E-state index in [0.29, 0.717) is 50.7 Å². The van der Waals surface area contributed by atoms with Crippen molar-refractivity contribution in [2.24, 2.45) is 0 Å². The average Bonchev–Trinajstić information content (AvgIpc) is 3.90. The van der Waals surface area contributed by atoms with Crippen LogP contribution in [0.25, 0.3) is 77.8 Å². The van der Waals surface area contributed by atoms with Crippen LogP contribution in [0, 0.1) is 34.0 Å². The third-order valence-electron chi connectivity index (χ3n) is 10.2. The number of hydrogen-bond donors (Lipinski definition) is 0. The van der Waals surface area contributed by atoms with Gasteiger partial charge >= 0.3 is 0 Å². The molecule has 0 saturated carbocycles. The minimum atomic E-state index is 0.473. The van der Waals surface area contributed by atoms with Gasteiger partial charge in [0.15, 0.2) is 11.2 Å². The van der Waals surface area contributed by atoms with Crippen LogP contribution in [0.1, 0.15) is 16.7 Å². The number of aromatic nitrogens is 2. The summed E-state index contributed by atoms with van der Waals surface area (Å²) in [5, 5.41) is 32.4. The summed E-state index contributed by atoms with van der Waals surface area (Å²) < 4.78 is 12.1. The second-order valence-corrected chi connectivity index (χ2v) is 13.7. The maximum atomic E-state index is 9.42. The molecule has 10 aromatic rings. The zero-order valence-corrected chi connectivity index (χ0v) is 30.0. The molecule has 0 N–H and O–H groups in total. The molecule has 0 unspecified atom stereocenters. The molecule has 0 aliphatic rings. The molecule has 264 valence electrons. The van der Waals surface area contributed by atoms with E-state index < -0.39 is 0 Å². The van der Waals surface area contributed by atoms with Crippen LogP contribution in [0.15, 0.2) is 167 Å². The summed E-state index contributed by atoms with van der Waals surface area (Å²) in [7, 11) is 0. The highest BCUT2D eigenvalue weighted by molar-refractivity contribution is 5.94. The van der Waals surface area contributed by atoms with Gasteiger partial charge in [-0.25, -0.2) is 9.97 Å². The summed E-state index contributed by atoms with van der Waals surface area (Å²) in [6, 6.07) is 58.1. The first kappa shape index (κ1) is 33.1. The van der Waals surface area contributed by atoms with Crippen LogP contribution in [0.5, 0.6) is 0 Å². The number of fused-ring (bicyclic) bond motifs is 4. The van der Waals surface area contributed by atoms with Crippen molar-refractivity contribution in [2.45, 2.75) is 0 Å². The van der Waals surface area contributed by atoms with Crippen LogP contribution < -0.4 is 4.90 Å². The Morgan fingerprint density at radius 1 is 0.368 bits per heavy atom. The van der Waals surface area contributed by atoms with E-state index in [2.05, 4.69) is 87.7 Å². The Morgan fingerprint density at radius 3 is 1.35 bits per heavy atom. The number of rotatable bonds is 6. The molecule has 0 spiro atoms. The Bertz CT molecular complexity index is 3210.